The highest BCUT2D eigenvalue weighted by Gasteiger charge is 2.54. The number of fused-ring (bicyclic) bond motifs is 2. The van der Waals surface area contributed by atoms with Gasteiger partial charge in [-0.25, -0.2) is 4.79 Å². The van der Waals surface area contributed by atoms with Gasteiger partial charge in [-0.3, -0.25) is 34.0 Å². The lowest BCUT2D eigenvalue weighted by Crippen LogP contribution is -2.71. The van der Waals surface area contributed by atoms with E-state index in [2.05, 4.69) is 30.8 Å². The second kappa shape index (κ2) is 13.5. The monoisotopic (exact) mass is 709 g/mol. The van der Waals surface area contributed by atoms with Crippen LogP contribution >= 0.6 is 34.9 Å². The average molecular weight is 710 g/mol. The first-order valence-corrected chi connectivity index (χ1v) is 16.8. The zero-order valence-electron chi connectivity index (χ0n) is 24.3. The van der Waals surface area contributed by atoms with Crippen LogP contribution in [0.5, 0.6) is 11.5 Å². The van der Waals surface area contributed by atoms with Gasteiger partial charge in [0.05, 0.1) is 11.9 Å². The minimum atomic E-state index is -1.40. The van der Waals surface area contributed by atoms with E-state index in [1.165, 1.54) is 54.0 Å². The van der Waals surface area contributed by atoms with E-state index in [1.54, 1.807) is 12.1 Å². The fourth-order valence-electron chi connectivity index (χ4n) is 5.03. The van der Waals surface area contributed by atoms with Gasteiger partial charge in [-0.1, -0.05) is 35.2 Å². The number of aromatic nitrogens is 4. The fourth-order valence-corrected chi connectivity index (χ4v) is 8.40. The second-order valence-electron chi connectivity index (χ2n) is 10.4. The lowest BCUT2D eigenvalue weighted by molar-refractivity contribution is -0.151. The number of thioether (sulfide) groups is 2. The maximum atomic E-state index is 13.7. The molecule has 0 aliphatic carbocycles. The molecule has 1 aromatic carbocycles. The third kappa shape index (κ3) is 6.46. The van der Waals surface area contributed by atoms with Crippen LogP contribution in [-0.4, -0.2) is 98.1 Å². The summed E-state index contributed by atoms with van der Waals surface area (Å²) in [6.45, 7) is 0. The Hall–Kier alpha value is -5.27. The van der Waals surface area contributed by atoms with E-state index in [1.807, 2.05) is 0 Å². The van der Waals surface area contributed by atoms with Crippen LogP contribution in [0.15, 0.2) is 64.4 Å². The minimum Gasteiger partial charge on any atom is -0.508 e. The van der Waals surface area contributed by atoms with E-state index in [0.717, 1.165) is 22.4 Å². The predicted molar refractivity (Wildman–Crippen MR) is 171 cm³/mol. The zero-order valence-corrected chi connectivity index (χ0v) is 26.7. The Morgan fingerprint density at radius 2 is 1.83 bits per heavy atom. The van der Waals surface area contributed by atoms with Crippen LogP contribution in [0, 0.1) is 0 Å². The summed E-state index contributed by atoms with van der Waals surface area (Å²) in [7, 11) is 0. The van der Waals surface area contributed by atoms with E-state index in [-0.39, 0.29) is 46.0 Å². The highest BCUT2D eigenvalue weighted by molar-refractivity contribution is 8.01. The number of carbonyl (C=O) groups excluding carboxylic acids is 3. The fraction of sp³-hybridized carbons (Fsp3) is 0.207. The van der Waals surface area contributed by atoms with Gasteiger partial charge < -0.3 is 31.1 Å². The third-order valence-electron chi connectivity index (χ3n) is 7.28. The number of amides is 3. The first-order chi connectivity index (χ1) is 23.0. The largest absolute Gasteiger partial charge is 0.508 e. The van der Waals surface area contributed by atoms with Gasteiger partial charge in [-0.2, -0.15) is 0 Å². The normalized spacial score (nSPS) is 17.8. The number of carboxylic acids is 2. The summed E-state index contributed by atoms with van der Waals surface area (Å²) >= 11 is 3.49. The Labute approximate surface area is 282 Å². The molecule has 48 heavy (non-hydrogen) atoms. The lowest BCUT2D eigenvalue weighted by Gasteiger charge is -2.49. The van der Waals surface area contributed by atoms with E-state index in [4.69, 9.17) is 5.11 Å². The number of hydrogen-bond donors (Lipinski definition) is 6. The van der Waals surface area contributed by atoms with Crippen LogP contribution in [0.1, 0.15) is 27.0 Å². The number of benzene rings is 1. The Bertz CT molecular complexity index is 2000. The number of phenolic OH excluding ortho intramolecular Hbond substituents is 1. The van der Waals surface area contributed by atoms with Crippen LogP contribution < -0.4 is 10.6 Å². The van der Waals surface area contributed by atoms with Crippen molar-refractivity contribution in [3.05, 3.63) is 76.2 Å². The molecule has 1 fully saturated rings. The van der Waals surface area contributed by atoms with Gasteiger partial charge in [0.15, 0.2) is 10.1 Å². The molecule has 2 aliphatic rings. The molecule has 5 heterocycles. The number of aliphatic carboxylic acids is 2. The Balaban J connectivity index is 1.19. The van der Waals surface area contributed by atoms with E-state index in [0.29, 0.717) is 20.4 Å². The number of hydrogen-bond acceptors (Lipinski definition) is 14. The van der Waals surface area contributed by atoms with Gasteiger partial charge >= 0.3 is 11.9 Å². The van der Waals surface area contributed by atoms with Crippen molar-refractivity contribution >= 4 is 75.6 Å². The molecule has 2 unspecified atom stereocenters. The summed E-state index contributed by atoms with van der Waals surface area (Å²) < 4.78 is 0.446. The lowest BCUT2D eigenvalue weighted by atomic mass is 10.0. The SMILES string of the molecule is O=C(O)Cc1nnc(SCC2=C(C(=O)O)N3C(=O)C(NC(=O)C(NC(=O)c4cnc5cccnc5c4O)c4ccc(O)cc4)[C@@H]3SC2)s1. The molecule has 0 spiro atoms. The van der Waals surface area contributed by atoms with Crippen molar-refractivity contribution in [3.8, 4) is 11.5 Å². The van der Waals surface area contributed by atoms with E-state index >= 15 is 0 Å². The summed E-state index contributed by atoms with van der Waals surface area (Å²) in [6.07, 6.45) is 2.28. The second-order valence-corrected chi connectivity index (χ2v) is 13.8. The summed E-state index contributed by atoms with van der Waals surface area (Å²) in [5.74, 6) is -4.87. The molecule has 3 aromatic heterocycles. The van der Waals surface area contributed by atoms with Gasteiger partial charge in [-0.15, -0.1) is 22.0 Å². The van der Waals surface area contributed by atoms with Crippen LogP contribution in [0.4, 0.5) is 0 Å². The molecule has 2 aliphatic heterocycles. The molecule has 0 saturated carbocycles. The van der Waals surface area contributed by atoms with Crippen molar-refractivity contribution in [2.45, 2.75) is 28.2 Å². The Kier molecular flexibility index (Phi) is 9.16. The van der Waals surface area contributed by atoms with Crippen molar-refractivity contribution in [1.82, 2.24) is 35.7 Å². The van der Waals surface area contributed by atoms with Crippen LogP contribution in [0.25, 0.3) is 11.0 Å². The van der Waals surface area contributed by atoms with Crippen molar-refractivity contribution in [2.75, 3.05) is 11.5 Å². The molecule has 1 saturated heterocycles. The maximum absolute atomic E-state index is 13.7. The molecular weight excluding hydrogens is 687 g/mol. The van der Waals surface area contributed by atoms with Gasteiger partial charge in [0.2, 0.25) is 5.91 Å². The average Bonchev–Trinajstić information content (AvgIpc) is 3.51. The Morgan fingerprint density at radius 1 is 1.06 bits per heavy atom. The molecule has 6 N–H and O–H groups in total. The number of phenols is 1. The third-order valence-corrected chi connectivity index (χ3v) is 10.8. The number of carboxylic acid groups (broad SMARTS) is 2. The highest BCUT2D eigenvalue weighted by atomic mass is 32.2. The van der Waals surface area contributed by atoms with Crippen LogP contribution in [-0.2, 0) is 25.6 Å². The number of nitrogens with zero attached hydrogens (tertiary/aromatic N) is 5. The molecular formula is C29H23N7O9S3. The standard InChI is InChI=1S/C29H23N7O9S3/c37-14-5-3-12(4-6-14)19(32-24(41)15-9-31-16-2-1-7-30-20(16)23(15)40)25(42)33-21-26(43)36-22(28(44)45)13(10-46-27(21)36)11-47-29-35-34-17(48-29)8-18(38)39/h1-7,9,19,21,27,37H,8,10-11H2,(H,31,40)(H,32,41)(H,33,42)(H,38,39)(H,44,45)/t19?,21?,27-/m0/s1. The summed E-state index contributed by atoms with van der Waals surface area (Å²) in [5, 5.41) is 52.0. The van der Waals surface area contributed by atoms with Gasteiger partial charge in [0.1, 0.15) is 45.0 Å². The van der Waals surface area contributed by atoms with Crippen molar-refractivity contribution < 1.29 is 44.4 Å². The van der Waals surface area contributed by atoms with Gasteiger partial charge in [0, 0.05) is 23.9 Å². The van der Waals surface area contributed by atoms with Gasteiger partial charge in [-0.05, 0) is 35.4 Å². The molecule has 246 valence electrons. The number of β-lactam (4-membered cyclic amide) rings is 1. The quantitative estimate of drug-likeness (QED) is 0.0955. The molecule has 4 aromatic rings. The molecule has 3 atom stereocenters. The first kappa shape index (κ1) is 32.7. The van der Waals surface area contributed by atoms with Crippen molar-refractivity contribution in [1.29, 1.82) is 0 Å². The topological polar surface area (TPSA) is 245 Å². The molecule has 19 heteroatoms. The molecule has 0 radical (unpaired) electrons. The van der Waals surface area contributed by atoms with E-state index in [9.17, 15) is 39.3 Å². The molecule has 3 amide bonds. The van der Waals surface area contributed by atoms with Crippen LogP contribution in [0.3, 0.4) is 0 Å². The summed E-state index contributed by atoms with van der Waals surface area (Å²) in [5.41, 5.74) is 0.650. The number of carbonyl (C=O) groups is 5. The zero-order chi connectivity index (χ0) is 34.1. The number of pyridine rings is 2. The van der Waals surface area contributed by atoms with Crippen LogP contribution in [0.2, 0.25) is 0 Å². The maximum Gasteiger partial charge on any atom is 0.352 e. The number of aromatic hydroxyl groups is 2. The summed E-state index contributed by atoms with van der Waals surface area (Å²) in [6, 6.07) is 6.13. The van der Waals surface area contributed by atoms with Crippen molar-refractivity contribution in [2.24, 2.45) is 0 Å². The molecule has 16 nitrogen and oxygen atoms in total. The molecule has 6 rings (SSSR count). The Morgan fingerprint density at radius 3 is 2.56 bits per heavy atom. The summed E-state index contributed by atoms with van der Waals surface area (Å²) in [4.78, 5) is 72.9. The minimum absolute atomic E-state index is 0.0802. The van der Waals surface area contributed by atoms with Gasteiger partial charge in [0.25, 0.3) is 11.8 Å². The number of rotatable bonds is 11. The first-order valence-electron chi connectivity index (χ1n) is 13.9. The smallest absolute Gasteiger partial charge is 0.352 e. The molecule has 0 bridgehead atoms. The number of nitrogens with one attached hydrogen (secondary N) is 2. The van der Waals surface area contributed by atoms with E-state index < -0.39 is 52.9 Å². The predicted octanol–water partition coefficient (Wildman–Crippen LogP) is 1.52. The highest BCUT2D eigenvalue weighted by Crippen LogP contribution is 2.42. The van der Waals surface area contributed by atoms with Crippen molar-refractivity contribution in [3.63, 3.8) is 0 Å².